The third-order valence-electron chi connectivity index (χ3n) is 5.77. The lowest BCUT2D eigenvalue weighted by Gasteiger charge is -2.35. The number of carbonyl (C=O) groups is 2. The predicted octanol–water partition coefficient (Wildman–Crippen LogP) is 2.77. The monoisotopic (exact) mass is 408 g/mol. The Hall–Kier alpha value is -3.06. The van der Waals surface area contributed by atoms with Gasteiger partial charge in [0.2, 0.25) is 5.91 Å². The van der Waals surface area contributed by atoms with Crippen LogP contribution in [0.15, 0.2) is 42.5 Å². The van der Waals surface area contributed by atoms with Gasteiger partial charge in [0.25, 0.3) is 0 Å². The van der Waals surface area contributed by atoms with E-state index in [1.54, 1.807) is 12.0 Å². The van der Waals surface area contributed by atoms with Crippen molar-refractivity contribution in [3.05, 3.63) is 53.6 Å². The third kappa shape index (κ3) is 4.11. The number of hydrogen-bond acceptors (Lipinski definition) is 5. The van der Waals surface area contributed by atoms with Crippen LogP contribution in [0.3, 0.4) is 0 Å². The van der Waals surface area contributed by atoms with Crippen molar-refractivity contribution in [2.75, 3.05) is 49.6 Å². The molecule has 2 aliphatic rings. The van der Waals surface area contributed by atoms with Gasteiger partial charge in [-0.3, -0.25) is 14.6 Å². The summed E-state index contributed by atoms with van der Waals surface area (Å²) in [6.45, 7) is 6.61. The number of carbonyl (C=O) groups excluding carboxylic acids is 2. The van der Waals surface area contributed by atoms with Gasteiger partial charge in [-0.1, -0.05) is 12.1 Å². The number of ether oxygens (including phenoxy) is 1. The van der Waals surface area contributed by atoms with Crippen LogP contribution in [0, 0.1) is 6.92 Å². The van der Waals surface area contributed by atoms with Gasteiger partial charge in [0.1, 0.15) is 5.75 Å². The maximum absolute atomic E-state index is 13.2. The SMILES string of the molecule is COc1ccc(CN2C(=O)CCN(c3ccc(N4CCNCC4)cc3C)C2=O)cc1. The highest BCUT2D eigenvalue weighted by atomic mass is 16.5. The van der Waals surface area contributed by atoms with Crippen molar-refractivity contribution in [1.82, 2.24) is 10.2 Å². The van der Waals surface area contributed by atoms with Gasteiger partial charge in [-0.15, -0.1) is 0 Å². The number of benzene rings is 2. The number of nitrogens with zero attached hydrogens (tertiary/aromatic N) is 3. The molecule has 7 nitrogen and oxygen atoms in total. The Morgan fingerprint density at radius 2 is 1.73 bits per heavy atom. The summed E-state index contributed by atoms with van der Waals surface area (Å²) in [5, 5.41) is 3.36. The van der Waals surface area contributed by atoms with Crippen LogP contribution in [0.5, 0.6) is 5.75 Å². The molecule has 0 bridgehead atoms. The molecular weight excluding hydrogens is 380 g/mol. The Morgan fingerprint density at radius 3 is 2.40 bits per heavy atom. The van der Waals surface area contributed by atoms with Gasteiger partial charge in [0.05, 0.1) is 13.7 Å². The number of hydrogen-bond donors (Lipinski definition) is 1. The average molecular weight is 409 g/mol. The van der Waals surface area contributed by atoms with E-state index in [4.69, 9.17) is 4.74 Å². The molecule has 2 aromatic rings. The van der Waals surface area contributed by atoms with Crippen LogP contribution in [-0.2, 0) is 11.3 Å². The first-order valence-corrected chi connectivity index (χ1v) is 10.4. The molecule has 30 heavy (non-hydrogen) atoms. The highest BCUT2D eigenvalue weighted by molar-refractivity contribution is 6.06. The highest BCUT2D eigenvalue weighted by Gasteiger charge is 2.33. The highest BCUT2D eigenvalue weighted by Crippen LogP contribution is 2.29. The normalized spacial score (nSPS) is 17.5. The number of piperazine rings is 1. The molecule has 7 heteroatoms. The molecule has 158 valence electrons. The Morgan fingerprint density at radius 1 is 1.00 bits per heavy atom. The summed E-state index contributed by atoms with van der Waals surface area (Å²) >= 11 is 0. The van der Waals surface area contributed by atoms with Crippen molar-refractivity contribution in [1.29, 1.82) is 0 Å². The Balaban J connectivity index is 1.52. The molecule has 2 saturated heterocycles. The second kappa shape index (κ2) is 8.75. The first-order valence-electron chi connectivity index (χ1n) is 10.4. The summed E-state index contributed by atoms with van der Waals surface area (Å²) in [5.74, 6) is 0.610. The quantitative estimate of drug-likeness (QED) is 0.824. The smallest absolute Gasteiger partial charge is 0.331 e. The van der Waals surface area contributed by atoms with Crippen molar-refractivity contribution in [3.8, 4) is 5.75 Å². The molecule has 2 heterocycles. The van der Waals surface area contributed by atoms with Gasteiger partial charge in [-0.05, 0) is 48.4 Å². The van der Waals surface area contributed by atoms with Gasteiger partial charge in [0, 0.05) is 50.5 Å². The Bertz CT molecular complexity index is 923. The summed E-state index contributed by atoms with van der Waals surface area (Å²) in [5.41, 5.74) is 3.97. The minimum Gasteiger partial charge on any atom is -0.497 e. The summed E-state index contributed by atoms with van der Waals surface area (Å²) < 4.78 is 5.18. The van der Waals surface area contributed by atoms with Crippen LogP contribution in [-0.4, -0.2) is 56.7 Å². The lowest BCUT2D eigenvalue weighted by atomic mass is 10.1. The molecule has 3 amide bonds. The van der Waals surface area contributed by atoms with Crippen molar-refractivity contribution < 1.29 is 14.3 Å². The Kier molecular flexibility index (Phi) is 5.90. The zero-order chi connectivity index (χ0) is 21.1. The fourth-order valence-electron chi connectivity index (χ4n) is 4.05. The maximum Gasteiger partial charge on any atom is 0.331 e. The van der Waals surface area contributed by atoms with Gasteiger partial charge in [0.15, 0.2) is 0 Å². The number of amides is 3. The van der Waals surface area contributed by atoms with E-state index in [0.717, 1.165) is 48.7 Å². The summed E-state index contributed by atoms with van der Waals surface area (Å²) in [7, 11) is 1.61. The zero-order valence-corrected chi connectivity index (χ0v) is 17.6. The molecule has 0 atom stereocenters. The van der Waals surface area contributed by atoms with Gasteiger partial charge in [-0.2, -0.15) is 0 Å². The number of urea groups is 1. The first-order chi connectivity index (χ1) is 14.6. The average Bonchev–Trinajstić information content (AvgIpc) is 2.78. The van der Waals surface area contributed by atoms with E-state index in [0.29, 0.717) is 13.0 Å². The minimum atomic E-state index is -0.264. The Labute approximate surface area is 177 Å². The molecule has 0 aromatic heterocycles. The third-order valence-corrected chi connectivity index (χ3v) is 5.77. The summed E-state index contributed by atoms with van der Waals surface area (Å²) in [4.78, 5) is 31.1. The fourth-order valence-corrected chi connectivity index (χ4v) is 4.05. The van der Waals surface area contributed by atoms with Crippen LogP contribution in [0.25, 0.3) is 0 Å². The molecule has 0 unspecified atom stereocenters. The number of anilines is 2. The zero-order valence-electron chi connectivity index (χ0n) is 17.6. The molecule has 2 fully saturated rings. The van der Waals surface area contributed by atoms with Crippen LogP contribution in [0.2, 0.25) is 0 Å². The predicted molar refractivity (Wildman–Crippen MR) is 117 cm³/mol. The molecule has 0 radical (unpaired) electrons. The van der Waals surface area contributed by atoms with Crippen LogP contribution in [0.1, 0.15) is 17.5 Å². The minimum absolute atomic E-state index is 0.137. The van der Waals surface area contributed by atoms with Crippen molar-refractivity contribution in [2.45, 2.75) is 19.9 Å². The van der Waals surface area contributed by atoms with Crippen molar-refractivity contribution in [3.63, 3.8) is 0 Å². The van der Waals surface area contributed by atoms with E-state index in [2.05, 4.69) is 22.3 Å². The van der Waals surface area contributed by atoms with Gasteiger partial charge < -0.3 is 15.0 Å². The molecule has 0 aliphatic carbocycles. The van der Waals surface area contributed by atoms with E-state index < -0.39 is 0 Å². The molecule has 1 N–H and O–H groups in total. The second-order valence-electron chi connectivity index (χ2n) is 7.72. The number of aryl methyl sites for hydroxylation is 1. The van der Waals surface area contributed by atoms with Gasteiger partial charge >= 0.3 is 6.03 Å². The standard InChI is InChI=1S/C23H28N4O3/c1-17-15-19(25-13-10-24-11-14-25)5-8-21(17)26-12-9-22(28)27(23(26)29)16-18-3-6-20(30-2)7-4-18/h3-8,15,24H,9-14,16H2,1-2H3. The van der Waals surface area contributed by atoms with E-state index in [1.807, 2.05) is 37.3 Å². The topological polar surface area (TPSA) is 65.1 Å². The van der Waals surface area contributed by atoms with Crippen LogP contribution >= 0.6 is 0 Å². The lowest BCUT2D eigenvalue weighted by molar-refractivity contribution is -0.129. The van der Waals surface area contributed by atoms with Crippen molar-refractivity contribution >= 4 is 23.3 Å². The number of methoxy groups -OCH3 is 1. The van der Waals surface area contributed by atoms with Crippen LogP contribution in [0.4, 0.5) is 16.2 Å². The summed E-state index contributed by atoms with van der Waals surface area (Å²) in [6.07, 6.45) is 0.320. The first kappa shape index (κ1) is 20.2. The molecular formula is C23H28N4O3. The molecule has 2 aliphatic heterocycles. The van der Waals surface area contributed by atoms with Crippen LogP contribution < -0.4 is 19.9 Å². The largest absolute Gasteiger partial charge is 0.497 e. The van der Waals surface area contributed by atoms with E-state index in [-0.39, 0.29) is 18.5 Å². The van der Waals surface area contributed by atoms with E-state index >= 15 is 0 Å². The number of rotatable bonds is 5. The molecule has 0 saturated carbocycles. The molecule has 0 spiro atoms. The van der Waals surface area contributed by atoms with E-state index in [9.17, 15) is 9.59 Å². The lowest BCUT2D eigenvalue weighted by Crippen LogP contribution is -2.52. The maximum atomic E-state index is 13.2. The molecule has 4 rings (SSSR count). The van der Waals surface area contributed by atoms with Gasteiger partial charge in [-0.25, -0.2) is 4.79 Å². The molecule has 2 aromatic carbocycles. The number of nitrogens with one attached hydrogen (secondary N) is 1. The second-order valence-corrected chi connectivity index (χ2v) is 7.72. The van der Waals surface area contributed by atoms with E-state index in [1.165, 1.54) is 10.6 Å². The number of imide groups is 1. The fraction of sp³-hybridized carbons (Fsp3) is 0.391. The van der Waals surface area contributed by atoms with Crippen molar-refractivity contribution in [2.24, 2.45) is 0 Å². The summed E-state index contributed by atoms with van der Waals surface area (Å²) in [6, 6.07) is 13.4.